The van der Waals surface area contributed by atoms with Gasteiger partial charge in [0, 0.05) is 60.7 Å². The van der Waals surface area contributed by atoms with Gasteiger partial charge < -0.3 is 14.8 Å². The van der Waals surface area contributed by atoms with Crippen molar-refractivity contribution in [2.24, 2.45) is 11.8 Å². The van der Waals surface area contributed by atoms with Crippen LogP contribution in [0.25, 0.3) is 32.8 Å². The number of aromatic nitrogens is 1. The summed E-state index contributed by atoms with van der Waals surface area (Å²) in [7, 11) is 0. The van der Waals surface area contributed by atoms with Crippen LogP contribution in [0.15, 0.2) is 66.6 Å². The third-order valence-corrected chi connectivity index (χ3v) is 8.04. The van der Waals surface area contributed by atoms with Gasteiger partial charge in [-0.3, -0.25) is 4.79 Å². The SMILES string of the molecule is CC(C)(C)c1ccc2cnc3c(c2c1)Oc1cccc2cc[c-]c-3c12.CCC(CC)C(=O)/C=C(\O)C(CC)CC.[Ir]. The van der Waals surface area contributed by atoms with Crippen LogP contribution in [0.1, 0.15) is 79.7 Å². The molecule has 0 bridgehead atoms. The van der Waals surface area contributed by atoms with Crippen molar-refractivity contribution in [3.63, 3.8) is 0 Å². The number of fused-ring (bicyclic) bond motifs is 4. The van der Waals surface area contributed by atoms with E-state index in [4.69, 9.17) is 9.72 Å². The summed E-state index contributed by atoms with van der Waals surface area (Å²) < 4.78 is 6.35. The van der Waals surface area contributed by atoms with E-state index in [1.54, 1.807) is 0 Å². The molecule has 4 nitrogen and oxygen atoms in total. The number of ketones is 1. The summed E-state index contributed by atoms with van der Waals surface area (Å²) >= 11 is 0. The van der Waals surface area contributed by atoms with Gasteiger partial charge in [-0.05, 0) is 48.8 Å². The van der Waals surface area contributed by atoms with Crippen molar-refractivity contribution in [2.75, 3.05) is 0 Å². The molecule has 1 aliphatic rings. The van der Waals surface area contributed by atoms with E-state index >= 15 is 0 Å². The molecule has 1 aromatic heterocycles. The summed E-state index contributed by atoms with van der Waals surface area (Å²) in [5.41, 5.74) is 3.28. The third kappa shape index (κ3) is 6.90. The first-order valence-electron chi connectivity index (χ1n) is 14.6. The Hall–Kier alpha value is -3.01. The van der Waals surface area contributed by atoms with Crippen molar-refractivity contribution in [3.8, 4) is 22.8 Å². The van der Waals surface area contributed by atoms with E-state index in [1.807, 2.05) is 52.1 Å². The maximum absolute atomic E-state index is 11.7. The predicted octanol–water partition coefficient (Wildman–Crippen LogP) is 10.1. The number of hydrogen-bond donors (Lipinski definition) is 1. The second-order valence-electron chi connectivity index (χ2n) is 11.7. The molecule has 0 saturated heterocycles. The quantitative estimate of drug-likeness (QED) is 0.103. The van der Waals surface area contributed by atoms with Gasteiger partial charge in [-0.25, -0.2) is 0 Å². The number of pyridine rings is 1. The van der Waals surface area contributed by atoms with E-state index in [0.717, 1.165) is 70.0 Å². The summed E-state index contributed by atoms with van der Waals surface area (Å²) in [6, 6.07) is 20.1. The molecule has 5 heteroatoms. The molecule has 0 unspecified atom stereocenters. The van der Waals surface area contributed by atoms with Crippen LogP contribution >= 0.6 is 0 Å². The summed E-state index contributed by atoms with van der Waals surface area (Å²) in [4.78, 5) is 16.4. The van der Waals surface area contributed by atoms with Gasteiger partial charge in [-0.1, -0.05) is 83.5 Å². The van der Waals surface area contributed by atoms with Gasteiger partial charge in [-0.15, -0.1) is 23.8 Å². The van der Waals surface area contributed by atoms with Gasteiger partial charge in [0.05, 0.1) is 11.5 Å². The number of benzene rings is 3. The molecule has 1 radical (unpaired) electrons. The molecular weight excluding hydrogens is 687 g/mol. The molecule has 0 atom stereocenters. The molecule has 0 saturated carbocycles. The largest absolute Gasteiger partial charge is 0.512 e. The first-order chi connectivity index (χ1) is 19.1. The molecular formula is C36H42IrNO3-. The van der Waals surface area contributed by atoms with E-state index < -0.39 is 0 Å². The van der Waals surface area contributed by atoms with Crippen LogP contribution in [0.2, 0.25) is 0 Å². The van der Waals surface area contributed by atoms with Crippen LogP contribution in [0, 0.1) is 17.9 Å². The number of rotatable bonds is 7. The Kier molecular flexibility index (Phi) is 10.9. The zero-order valence-corrected chi connectivity index (χ0v) is 27.7. The number of aliphatic hydroxyl groups is 1. The number of carbonyl (C=O) groups is 1. The second-order valence-corrected chi connectivity index (χ2v) is 11.7. The molecule has 0 aliphatic carbocycles. The number of nitrogens with zero attached hydrogens (tertiary/aromatic N) is 1. The molecule has 3 aromatic carbocycles. The Labute approximate surface area is 258 Å². The zero-order chi connectivity index (χ0) is 29.0. The maximum atomic E-state index is 11.7. The van der Waals surface area contributed by atoms with Crippen molar-refractivity contribution in [3.05, 3.63) is 78.2 Å². The molecule has 4 aromatic rings. The Balaban J connectivity index is 0.000000253. The Morgan fingerprint density at radius 1 is 0.976 bits per heavy atom. The molecule has 5 rings (SSSR count). The number of aliphatic hydroxyl groups excluding tert-OH is 1. The number of ether oxygens (including phenoxy) is 1. The van der Waals surface area contributed by atoms with Gasteiger partial charge in [-0.2, -0.15) is 0 Å². The Morgan fingerprint density at radius 3 is 2.29 bits per heavy atom. The molecule has 41 heavy (non-hydrogen) atoms. The minimum atomic E-state index is 0. The average Bonchev–Trinajstić information content (AvgIpc) is 2.94. The fourth-order valence-electron chi connectivity index (χ4n) is 5.34. The molecule has 1 aliphatic heterocycles. The van der Waals surface area contributed by atoms with Crippen molar-refractivity contribution in [2.45, 2.75) is 79.6 Å². The Morgan fingerprint density at radius 2 is 1.66 bits per heavy atom. The summed E-state index contributed by atoms with van der Waals surface area (Å²) in [6.07, 6.45) is 6.84. The van der Waals surface area contributed by atoms with Crippen LogP contribution in [0.5, 0.6) is 11.5 Å². The fraction of sp³-hybridized carbons (Fsp3) is 0.389. The predicted molar refractivity (Wildman–Crippen MR) is 166 cm³/mol. The standard InChI is InChI=1S/C23H18NO.C13H24O2.Ir/c1-23(2,3)16-11-10-15-13-24-21-17-8-4-6-14-7-5-9-19(20(14)17)25-22(21)18(15)12-16;1-5-10(6-2)12(14)9-13(15)11(7-3)8-4;/h4-7,9-13H,1-3H3;9-11,14H,5-8H2,1-4H3;/q-1;;/b;12-9-;. The molecule has 1 N–H and O–H groups in total. The van der Waals surface area contributed by atoms with E-state index in [0.29, 0.717) is 0 Å². The normalized spacial score (nSPS) is 12.5. The third-order valence-electron chi connectivity index (χ3n) is 8.04. The van der Waals surface area contributed by atoms with Gasteiger partial charge in [0.15, 0.2) is 5.78 Å². The minimum Gasteiger partial charge on any atom is -0.512 e. The van der Waals surface area contributed by atoms with E-state index in [1.165, 1.54) is 11.6 Å². The maximum Gasteiger partial charge on any atom is 0.162 e. The number of allylic oxidation sites excluding steroid dienone is 2. The van der Waals surface area contributed by atoms with E-state index in [2.05, 4.69) is 57.2 Å². The summed E-state index contributed by atoms with van der Waals surface area (Å²) in [6.45, 7) is 14.8. The smallest absolute Gasteiger partial charge is 0.162 e. The number of hydrogen-bond acceptors (Lipinski definition) is 4. The summed E-state index contributed by atoms with van der Waals surface area (Å²) in [5.74, 6) is 2.27. The fourth-order valence-corrected chi connectivity index (χ4v) is 5.34. The minimum absolute atomic E-state index is 0. The van der Waals surface area contributed by atoms with Crippen LogP contribution in [-0.4, -0.2) is 15.9 Å². The van der Waals surface area contributed by atoms with Crippen LogP contribution in [0.4, 0.5) is 0 Å². The zero-order valence-electron chi connectivity index (χ0n) is 25.3. The number of carbonyl (C=O) groups excluding carboxylic acids is 1. The molecule has 219 valence electrons. The Bertz CT molecular complexity index is 1540. The summed E-state index contributed by atoms with van der Waals surface area (Å²) in [5, 5.41) is 14.2. The van der Waals surface area contributed by atoms with Gasteiger partial charge in [0.1, 0.15) is 5.75 Å². The van der Waals surface area contributed by atoms with Crippen molar-refractivity contribution in [1.29, 1.82) is 0 Å². The molecule has 0 fully saturated rings. The molecule has 0 spiro atoms. The van der Waals surface area contributed by atoms with Crippen LogP contribution in [-0.2, 0) is 30.3 Å². The van der Waals surface area contributed by atoms with E-state index in [-0.39, 0.29) is 48.9 Å². The van der Waals surface area contributed by atoms with Gasteiger partial charge >= 0.3 is 0 Å². The average molecular weight is 729 g/mol. The topological polar surface area (TPSA) is 59.4 Å². The van der Waals surface area contributed by atoms with Crippen LogP contribution in [0.3, 0.4) is 0 Å². The van der Waals surface area contributed by atoms with Crippen molar-refractivity contribution < 1.29 is 34.7 Å². The van der Waals surface area contributed by atoms with Crippen molar-refractivity contribution in [1.82, 2.24) is 4.98 Å². The molecule has 0 amide bonds. The van der Waals surface area contributed by atoms with E-state index in [9.17, 15) is 9.90 Å². The first-order valence-corrected chi connectivity index (χ1v) is 14.6. The van der Waals surface area contributed by atoms with Crippen molar-refractivity contribution >= 4 is 27.3 Å². The van der Waals surface area contributed by atoms with Gasteiger partial charge in [0.2, 0.25) is 0 Å². The first kappa shape index (κ1) is 32.5. The van der Waals surface area contributed by atoms with Crippen LogP contribution < -0.4 is 4.74 Å². The van der Waals surface area contributed by atoms with Gasteiger partial charge in [0.25, 0.3) is 0 Å². The second kappa shape index (κ2) is 13.8. The molecule has 2 heterocycles. The monoisotopic (exact) mass is 729 g/mol.